The van der Waals surface area contributed by atoms with Crippen LogP contribution >= 0.6 is 0 Å². The monoisotopic (exact) mass is 247 g/mol. The molecule has 1 aliphatic rings. The molecule has 0 spiro atoms. The van der Waals surface area contributed by atoms with E-state index < -0.39 is 0 Å². The number of hydrogen-bond donors (Lipinski definition) is 1. The number of rotatable bonds is 3. The third kappa shape index (κ3) is 2.66. The average molecular weight is 247 g/mol. The molecule has 0 aliphatic heterocycles. The Hall–Kier alpha value is -1.51. The topological polar surface area (TPSA) is 38.3 Å². The van der Waals surface area contributed by atoms with Crippen molar-refractivity contribution in [3.8, 4) is 5.75 Å². The molecule has 1 amide bonds. The lowest BCUT2D eigenvalue weighted by molar-refractivity contribution is -0.124. The van der Waals surface area contributed by atoms with Crippen LogP contribution in [0.25, 0.3) is 0 Å². The van der Waals surface area contributed by atoms with Crippen LogP contribution in [0.4, 0.5) is 0 Å². The van der Waals surface area contributed by atoms with E-state index in [0.29, 0.717) is 0 Å². The Labute approximate surface area is 109 Å². The molecule has 0 heterocycles. The van der Waals surface area contributed by atoms with Crippen molar-refractivity contribution in [2.45, 2.75) is 39.2 Å². The first-order valence-corrected chi connectivity index (χ1v) is 6.59. The molecule has 1 atom stereocenters. The van der Waals surface area contributed by atoms with Gasteiger partial charge in [0.15, 0.2) is 0 Å². The van der Waals surface area contributed by atoms with Gasteiger partial charge in [-0.3, -0.25) is 4.79 Å². The first-order valence-electron chi connectivity index (χ1n) is 6.59. The van der Waals surface area contributed by atoms with Gasteiger partial charge in [-0.15, -0.1) is 0 Å². The molecule has 0 fully saturated rings. The third-order valence-electron chi connectivity index (χ3n) is 3.51. The Bertz CT molecular complexity index is 440. The normalized spacial score (nSPS) is 18.3. The fraction of sp³-hybridized carbons (Fsp3) is 0.533. The first kappa shape index (κ1) is 12.9. The molecule has 3 heteroatoms. The molecule has 0 saturated heterocycles. The highest BCUT2D eigenvalue weighted by Crippen LogP contribution is 2.32. The van der Waals surface area contributed by atoms with Crippen molar-refractivity contribution in [1.29, 1.82) is 0 Å². The van der Waals surface area contributed by atoms with E-state index in [1.165, 1.54) is 11.1 Å². The summed E-state index contributed by atoms with van der Waals surface area (Å²) in [7, 11) is 1.68. The minimum Gasteiger partial charge on any atom is -0.497 e. The molecule has 0 saturated carbocycles. The van der Waals surface area contributed by atoms with Crippen molar-refractivity contribution in [2.24, 2.45) is 5.92 Å². The minimum atomic E-state index is 0.0358. The van der Waals surface area contributed by atoms with E-state index in [1.54, 1.807) is 7.11 Å². The summed E-state index contributed by atoms with van der Waals surface area (Å²) in [6.45, 7) is 3.85. The van der Waals surface area contributed by atoms with Crippen LogP contribution in [-0.4, -0.2) is 13.0 Å². The van der Waals surface area contributed by atoms with Gasteiger partial charge in [0.25, 0.3) is 0 Å². The van der Waals surface area contributed by atoms with Crippen LogP contribution in [0, 0.1) is 5.92 Å². The van der Waals surface area contributed by atoms with Gasteiger partial charge in [0.1, 0.15) is 5.75 Å². The zero-order valence-electron chi connectivity index (χ0n) is 11.3. The third-order valence-corrected chi connectivity index (χ3v) is 3.51. The number of ether oxygens (including phenoxy) is 1. The number of carbonyl (C=O) groups is 1. The van der Waals surface area contributed by atoms with Gasteiger partial charge in [-0.25, -0.2) is 0 Å². The van der Waals surface area contributed by atoms with E-state index >= 15 is 0 Å². The van der Waals surface area contributed by atoms with Crippen LogP contribution < -0.4 is 10.1 Å². The lowest BCUT2D eigenvalue weighted by Gasteiger charge is -2.27. The molecular formula is C15H21NO2. The quantitative estimate of drug-likeness (QED) is 0.892. The molecule has 0 unspecified atom stereocenters. The lowest BCUT2D eigenvalue weighted by Crippen LogP contribution is -2.33. The maximum absolute atomic E-state index is 11.8. The van der Waals surface area contributed by atoms with Crippen LogP contribution in [0.1, 0.15) is 43.9 Å². The predicted molar refractivity (Wildman–Crippen MR) is 71.7 cm³/mol. The summed E-state index contributed by atoms with van der Waals surface area (Å²) < 4.78 is 5.25. The highest BCUT2D eigenvalue weighted by molar-refractivity contribution is 5.78. The number of nitrogens with one attached hydrogen (secondary N) is 1. The van der Waals surface area contributed by atoms with Gasteiger partial charge >= 0.3 is 0 Å². The van der Waals surface area contributed by atoms with Crippen LogP contribution in [0.15, 0.2) is 18.2 Å². The fourth-order valence-electron chi connectivity index (χ4n) is 2.41. The van der Waals surface area contributed by atoms with Gasteiger partial charge in [-0.1, -0.05) is 19.9 Å². The van der Waals surface area contributed by atoms with Gasteiger partial charge in [0.05, 0.1) is 13.2 Å². The Morgan fingerprint density at radius 3 is 2.89 bits per heavy atom. The van der Waals surface area contributed by atoms with Crippen molar-refractivity contribution in [3.63, 3.8) is 0 Å². The minimum absolute atomic E-state index is 0.0358. The van der Waals surface area contributed by atoms with Crippen molar-refractivity contribution < 1.29 is 9.53 Å². The van der Waals surface area contributed by atoms with Gasteiger partial charge in [0.2, 0.25) is 5.91 Å². The van der Waals surface area contributed by atoms with Crippen LogP contribution in [0.2, 0.25) is 0 Å². The molecule has 3 nitrogen and oxygen atoms in total. The van der Waals surface area contributed by atoms with Gasteiger partial charge in [0, 0.05) is 5.92 Å². The molecule has 0 bridgehead atoms. The summed E-state index contributed by atoms with van der Waals surface area (Å²) in [6, 6.07) is 6.30. The number of fused-ring (bicyclic) bond motifs is 1. The number of hydrogen-bond acceptors (Lipinski definition) is 2. The van der Waals surface area contributed by atoms with Crippen molar-refractivity contribution in [2.75, 3.05) is 7.11 Å². The fourth-order valence-corrected chi connectivity index (χ4v) is 2.41. The van der Waals surface area contributed by atoms with E-state index in [4.69, 9.17) is 4.74 Å². The molecule has 1 N–H and O–H groups in total. The summed E-state index contributed by atoms with van der Waals surface area (Å²) >= 11 is 0. The number of methoxy groups -OCH3 is 1. The number of aryl methyl sites for hydroxylation is 1. The van der Waals surface area contributed by atoms with Crippen molar-refractivity contribution >= 4 is 5.91 Å². The van der Waals surface area contributed by atoms with E-state index in [0.717, 1.165) is 25.0 Å². The maximum atomic E-state index is 11.8. The second kappa shape index (κ2) is 5.42. The molecule has 2 rings (SSSR count). The van der Waals surface area contributed by atoms with E-state index in [1.807, 2.05) is 19.9 Å². The van der Waals surface area contributed by atoms with E-state index in [-0.39, 0.29) is 17.9 Å². The zero-order valence-corrected chi connectivity index (χ0v) is 11.3. The van der Waals surface area contributed by atoms with Crippen molar-refractivity contribution in [3.05, 3.63) is 29.3 Å². The molecule has 0 radical (unpaired) electrons. The van der Waals surface area contributed by atoms with Crippen molar-refractivity contribution in [1.82, 2.24) is 5.32 Å². The Balaban J connectivity index is 2.20. The second-order valence-electron chi connectivity index (χ2n) is 5.17. The SMILES string of the molecule is COc1ccc2c(c1)CCC[C@@H]2NC(=O)C(C)C. The standard InChI is InChI=1S/C15H21NO2/c1-10(2)15(17)16-14-6-4-5-11-9-12(18-3)7-8-13(11)14/h7-10,14H,4-6H2,1-3H3,(H,16,17)/t14-/m0/s1. The van der Waals surface area contributed by atoms with Crippen LogP contribution in [-0.2, 0) is 11.2 Å². The Morgan fingerprint density at radius 2 is 2.22 bits per heavy atom. The van der Waals surface area contributed by atoms with E-state index in [9.17, 15) is 4.79 Å². The summed E-state index contributed by atoms with van der Waals surface area (Å²) in [4.78, 5) is 11.8. The summed E-state index contributed by atoms with van der Waals surface area (Å²) in [5.74, 6) is 1.06. The van der Waals surface area contributed by atoms with Gasteiger partial charge in [-0.2, -0.15) is 0 Å². The Kier molecular flexibility index (Phi) is 3.90. The largest absolute Gasteiger partial charge is 0.497 e. The Morgan fingerprint density at radius 1 is 1.44 bits per heavy atom. The molecule has 1 aromatic carbocycles. The van der Waals surface area contributed by atoms with E-state index in [2.05, 4.69) is 17.4 Å². The second-order valence-corrected chi connectivity index (χ2v) is 5.17. The molecular weight excluding hydrogens is 226 g/mol. The number of benzene rings is 1. The highest BCUT2D eigenvalue weighted by atomic mass is 16.5. The molecule has 1 aliphatic carbocycles. The molecule has 98 valence electrons. The first-order chi connectivity index (χ1) is 8.61. The average Bonchev–Trinajstić information content (AvgIpc) is 2.38. The zero-order chi connectivity index (χ0) is 13.1. The molecule has 18 heavy (non-hydrogen) atoms. The van der Waals surface area contributed by atoms with Crippen LogP contribution in [0.5, 0.6) is 5.75 Å². The van der Waals surface area contributed by atoms with Gasteiger partial charge < -0.3 is 10.1 Å². The van der Waals surface area contributed by atoms with Crippen LogP contribution in [0.3, 0.4) is 0 Å². The molecule has 1 aromatic rings. The summed E-state index contributed by atoms with van der Waals surface area (Å²) in [5, 5.41) is 3.13. The number of amides is 1. The summed E-state index contributed by atoms with van der Waals surface area (Å²) in [5.41, 5.74) is 2.55. The summed E-state index contributed by atoms with van der Waals surface area (Å²) in [6.07, 6.45) is 3.21. The molecule has 0 aromatic heterocycles. The number of carbonyl (C=O) groups excluding carboxylic acids is 1. The van der Waals surface area contributed by atoms with Gasteiger partial charge in [-0.05, 0) is 42.5 Å². The lowest BCUT2D eigenvalue weighted by atomic mass is 9.87. The smallest absolute Gasteiger partial charge is 0.223 e. The maximum Gasteiger partial charge on any atom is 0.223 e. The predicted octanol–water partition coefficient (Wildman–Crippen LogP) is 2.84. The highest BCUT2D eigenvalue weighted by Gasteiger charge is 2.22.